The summed E-state index contributed by atoms with van der Waals surface area (Å²) in [5.41, 5.74) is 2.45. The molecule has 2 heterocycles. The van der Waals surface area contributed by atoms with Crippen LogP contribution in [0.4, 0.5) is 0 Å². The molecule has 0 aliphatic rings. The summed E-state index contributed by atoms with van der Waals surface area (Å²) in [5.74, 6) is 1.01. The van der Waals surface area contributed by atoms with Gasteiger partial charge >= 0.3 is 0 Å². The van der Waals surface area contributed by atoms with Crippen LogP contribution in [0.3, 0.4) is 0 Å². The van der Waals surface area contributed by atoms with Crippen molar-refractivity contribution >= 4 is 40.0 Å². The Bertz CT molecular complexity index is 958. The number of aromatic nitrogens is 3. The van der Waals surface area contributed by atoms with Gasteiger partial charge in [-0.25, -0.2) is 9.50 Å². The number of unbranched alkanes of at least 4 members (excludes halogenated alkanes) is 6. The number of aliphatic hydroxyl groups is 2. The highest BCUT2D eigenvalue weighted by Gasteiger charge is 2.21. The summed E-state index contributed by atoms with van der Waals surface area (Å²) in [7, 11) is 0. The fraction of sp³-hybridized carbons (Fsp3) is 0.609. The van der Waals surface area contributed by atoms with Crippen molar-refractivity contribution in [3.05, 3.63) is 23.2 Å². The van der Waals surface area contributed by atoms with Crippen molar-refractivity contribution in [3.63, 3.8) is 0 Å². The maximum Gasteiger partial charge on any atom is 0.224 e. The lowest BCUT2D eigenvalue weighted by molar-refractivity contribution is 0.113. The van der Waals surface area contributed by atoms with E-state index in [0.29, 0.717) is 16.7 Å². The largest absolute Gasteiger partial charge is 0.474 e. The number of aliphatic hydroxyl groups excluding tert-OH is 2. The van der Waals surface area contributed by atoms with Gasteiger partial charge in [0.05, 0.1) is 29.8 Å². The fourth-order valence-corrected chi connectivity index (χ4v) is 4.78. The van der Waals surface area contributed by atoms with E-state index in [-0.39, 0.29) is 12.7 Å². The van der Waals surface area contributed by atoms with Crippen molar-refractivity contribution in [1.29, 1.82) is 0 Å². The van der Waals surface area contributed by atoms with Gasteiger partial charge in [0.15, 0.2) is 5.65 Å². The molecule has 6 nitrogen and oxygen atoms in total. The van der Waals surface area contributed by atoms with Crippen molar-refractivity contribution in [2.45, 2.75) is 82.3 Å². The van der Waals surface area contributed by atoms with Crippen LogP contribution in [-0.4, -0.2) is 49.4 Å². The summed E-state index contributed by atoms with van der Waals surface area (Å²) >= 11 is 7.62. The van der Waals surface area contributed by atoms with Crippen LogP contribution in [0.15, 0.2) is 23.1 Å². The Balaban J connectivity index is 1.69. The number of ether oxygens (including phenoxy) is 1. The molecule has 1 aromatic carbocycles. The molecule has 0 fully saturated rings. The predicted molar refractivity (Wildman–Crippen MR) is 129 cm³/mol. The monoisotopic (exact) mass is 467 g/mol. The van der Waals surface area contributed by atoms with Gasteiger partial charge in [-0.2, -0.15) is 0 Å². The summed E-state index contributed by atoms with van der Waals surface area (Å²) in [6.45, 7) is 4.06. The molecule has 3 aromatic rings. The second kappa shape index (κ2) is 12.0. The Labute approximate surface area is 193 Å². The Morgan fingerprint density at radius 1 is 1.19 bits per heavy atom. The summed E-state index contributed by atoms with van der Waals surface area (Å²) in [4.78, 5) is 5.57. The van der Waals surface area contributed by atoms with Gasteiger partial charge in [0, 0.05) is 10.8 Å². The van der Waals surface area contributed by atoms with Gasteiger partial charge in [0.2, 0.25) is 5.88 Å². The molecule has 172 valence electrons. The van der Waals surface area contributed by atoms with Crippen molar-refractivity contribution in [2.75, 3.05) is 12.4 Å². The Morgan fingerprint density at radius 3 is 2.68 bits per heavy atom. The first-order valence-electron chi connectivity index (χ1n) is 11.3. The summed E-state index contributed by atoms with van der Waals surface area (Å²) in [6.07, 6.45) is 9.20. The number of thioether (sulfide) groups is 1. The van der Waals surface area contributed by atoms with Gasteiger partial charge in [-0.3, -0.25) is 5.10 Å². The van der Waals surface area contributed by atoms with E-state index in [2.05, 4.69) is 18.9 Å². The van der Waals surface area contributed by atoms with E-state index in [1.165, 1.54) is 50.3 Å². The fourth-order valence-electron chi connectivity index (χ4n) is 3.66. The highest BCUT2D eigenvalue weighted by atomic mass is 35.5. The molecule has 0 bridgehead atoms. The van der Waals surface area contributed by atoms with E-state index in [1.807, 2.05) is 22.7 Å². The Kier molecular flexibility index (Phi) is 9.38. The molecule has 2 atom stereocenters. The highest BCUT2D eigenvalue weighted by Crippen LogP contribution is 2.36. The normalized spacial score (nSPS) is 13.8. The first-order chi connectivity index (χ1) is 15.0. The number of halogens is 1. The van der Waals surface area contributed by atoms with Crippen molar-refractivity contribution in [1.82, 2.24) is 14.6 Å². The molecular formula is C23H34ClN3O3S. The average Bonchev–Trinajstić information content (AvgIpc) is 3.26. The van der Waals surface area contributed by atoms with Gasteiger partial charge < -0.3 is 14.9 Å². The number of hydrogen-bond acceptors (Lipinski definition) is 5. The van der Waals surface area contributed by atoms with Crippen LogP contribution in [0.5, 0.6) is 5.88 Å². The second-order valence-electron chi connectivity index (χ2n) is 8.16. The number of fused-ring (bicyclic) bond motifs is 3. The quantitative estimate of drug-likeness (QED) is 0.205. The molecule has 2 aromatic heterocycles. The number of hydrogen-bond donors (Lipinski definition) is 3. The first kappa shape index (κ1) is 24.2. The summed E-state index contributed by atoms with van der Waals surface area (Å²) < 4.78 is 8.14. The van der Waals surface area contributed by atoms with Gasteiger partial charge in [0.25, 0.3) is 0 Å². The van der Waals surface area contributed by atoms with Crippen molar-refractivity contribution < 1.29 is 14.9 Å². The SMILES string of the molecule is CCCCCCCCCC(C)Oc1[nH]n2c(nc3ccc(Cl)cc32)c1SCC(O)CO. The number of imidazole rings is 1. The van der Waals surface area contributed by atoms with Crippen LogP contribution in [0.1, 0.15) is 65.2 Å². The summed E-state index contributed by atoms with van der Waals surface area (Å²) in [5, 5.41) is 23.0. The Morgan fingerprint density at radius 2 is 1.94 bits per heavy atom. The first-order valence-corrected chi connectivity index (χ1v) is 12.7. The highest BCUT2D eigenvalue weighted by molar-refractivity contribution is 7.99. The van der Waals surface area contributed by atoms with E-state index < -0.39 is 6.10 Å². The van der Waals surface area contributed by atoms with Gasteiger partial charge in [-0.15, -0.1) is 11.8 Å². The minimum atomic E-state index is -0.795. The van der Waals surface area contributed by atoms with Gasteiger partial charge in [-0.05, 0) is 38.0 Å². The van der Waals surface area contributed by atoms with Crippen LogP contribution in [0, 0.1) is 0 Å². The standard InChI is InChI=1S/C23H34ClN3O3S/c1-3-4-5-6-7-8-9-10-16(2)30-23-21(31-15-18(29)14-28)22-25-19-12-11-17(24)13-20(19)27(22)26-23/h11-13,16,18,26,28-29H,3-10,14-15H2,1-2H3. The summed E-state index contributed by atoms with van der Waals surface area (Å²) in [6, 6.07) is 5.58. The predicted octanol–water partition coefficient (Wildman–Crippen LogP) is 5.82. The maximum atomic E-state index is 9.83. The van der Waals surface area contributed by atoms with Crippen LogP contribution in [-0.2, 0) is 0 Å². The van der Waals surface area contributed by atoms with Gasteiger partial charge in [0.1, 0.15) is 4.90 Å². The molecule has 8 heteroatoms. The molecule has 0 radical (unpaired) electrons. The van der Waals surface area contributed by atoms with Crippen LogP contribution in [0.25, 0.3) is 16.7 Å². The number of nitrogens with zero attached hydrogens (tertiary/aromatic N) is 2. The lowest BCUT2D eigenvalue weighted by Crippen LogP contribution is -2.15. The van der Waals surface area contributed by atoms with Crippen LogP contribution in [0.2, 0.25) is 5.02 Å². The molecular weight excluding hydrogens is 434 g/mol. The van der Waals surface area contributed by atoms with E-state index in [9.17, 15) is 10.2 Å². The zero-order valence-electron chi connectivity index (χ0n) is 18.4. The number of benzene rings is 1. The zero-order valence-corrected chi connectivity index (χ0v) is 20.0. The molecule has 0 saturated carbocycles. The molecule has 0 aliphatic carbocycles. The van der Waals surface area contributed by atoms with E-state index in [4.69, 9.17) is 21.3 Å². The number of nitrogens with one attached hydrogen (secondary N) is 1. The Hall–Kier alpha value is -1.41. The lowest BCUT2D eigenvalue weighted by atomic mass is 10.1. The molecule has 3 N–H and O–H groups in total. The molecule has 0 spiro atoms. The van der Waals surface area contributed by atoms with Crippen molar-refractivity contribution in [2.24, 2.45) is 0 Å². The number of aromatic amines is 1. The third-order valence-electron chi connectivity index (χ3n) is 5.40. The lowest BCUT2D eigenvalue weighted by Gasteiger charge is -2.15. The van der Waals surface area contributed by atoms with E-state index in [1.54, 1.807) is 0 Å². The zero-order chi connectivity index (χ0) is 22.2. The second-order valence-corrected chi connectivity index (χ2v) is 9.63. The molecule has 31 heavy (non-hydrogen) atoms. The van der Waals surface area contributed by atoms with E-state index in [0.717, 1.165) is 34.4 Å². The molecule has 3 rings (SSSR count). The van der Waals surface area contributed by atoms with Gasteiger partial charge in [-0.1, -0.05) is 57.0 Å². The maximum absolute atomic E-state index is 9.83. The molecule has 0 aliphatic heterocycles. The molecule has 0 amide bonds. The third-order valence-corrected chi connectivity index (χ3v) is 6.85. The molecule has 0 saturated heterocycles. The van der Waals surface area contributed by atoms with Crippen LogP contribution < -0.4 is 4.74 Å². The smallest absolute Gasteiger partial charge is 0.224 e. The minimum Gasteiger partial charge on any atom is -0.474 e. The molecule has 2 unspecified atom stereocenters. The number of H-pyrrole nitrogens is 1. The van der Waals surface area contributed by atoms with Crippen molar-refractivity contribution in [3.8, 4) is 5.88 Å². The van der Waals surface area contributed by atoms with Crippen LogP contribution >= 0.6 is 23.4 Å². The minimum absolute atomic E-state index is 0.0657. The third kappa shape index (κ3) is 6.54. The van der Waals surface area contributed by atoms with E-state index >= 15 is 0 Å². The topological polar surface area (TPSA) is 82.8 Å². The number of rotatable bonds is 14. The average molecular weight is 468 g/mol.